The molecule has 0 fully saturated rings. The summed E-state index contributed by atoms with van der Waals surface area (Å²) in [6.07, 6.45) is 1.63. The van der Waals surface area contributed by atoms with Crippen LogP contribution in [-0.2, 0) is 0 Å². The minimum atomic E-state index is -0.324. The number of benzene rings is 3. The number of ether oxygens (including phenoxy) is 1. The van der Waals surface area contributed by atoms with Crippen LogP contribution >= 0.6 is 22.9 Å². The van der Waals surface area contributed by atoms with Gasteiger partial charge in [0, 0.05) is 21.0 Å². The summed E-state index contributed by atoms with van der Waals surface area (Å²) >= 11 is 7.69. The number of methoxy groups -OCH3 is 1. The van der Waals surface area contributed by atoms with E-state index in [2.05, 4.69) is 10.5 Å². The lowest BCUT2D eigenvalue weighted by Gasteiger charge is -2.07. The Balaban J connectivity index is 1.60. The predicted octanol–water partition coefficient (Wildman–Crippen LogP) is 5.48. The minimum Gasteiger partial charge on any atom is -0.496 e. The summed E-state index contributed by atoms with van der Waals surface area (Å²) in [5.41, 5.74) is 3.45. The molecule has 134 valence electrons. The number of hydrogen-bond acceptors (Lipinski definition) is 4. The molecular formula is C21H15ClN2O2S. The number of nitrogens with one attached hydrogen (secondary N) is 1. The molecule has 0 aliphatic rings. The van der Waals surface area contributed by atoms with Crippen molar-refractivity contribution in [3.63, 3.8) is 0 Å². The summed E-state index contributed by atoms with van der Waals surface area (Å²) in [4.78, 5) is 12.9. The lowest BCUT2D eigenvalue weighted by Crippen LogP contribution is -2.16. The number of nitrogens with zero attached hydrogens (tertiary/aromatic N) is 1. The van der Waals surface area contributed by atoms with Crippen LogP contribution in [0.4, 0.5) is 0 Å². The molecule has 4 nitrogen and oxygen atoms in total. The first-order chi connectivity index (χ1) is 13.2. The quantitative estimate of drug-likeness (QED) is 0.368. The van der Waals surface area contributed by atoms with E-state index in [4.69, 9.17) is 16.3 Å². The predicted molar refractivity (Wildman–Crippen MR) is 112 cm³/mol. The fraction of sp³-hybridized carbons (Fsp3) is 0.0476. The maximum Gasteiger partial charge on any atom is 0.283 e. The van der Waals surface area contributed by atoms with Gasteiger partial charge in [-0.05, 0) is 23.6 Å². The number of thiophene rings is 1. The highest BCUT2D eigenvalue weighted by atomic mass is 35.5. The average molecular weight is 395 g/mol. The topological polar surface area (TPSA) is 50.7 Å². The van der Waals surface area contributed by atoms with Crippen LogP contribution in [0.1, 0.15) is 15.2 Å². The highest BCUT2D eigenvalue weighted by molar-refractivity contribution is 7.21. The Hall–Kier alpha value is -2.89. The first-order valence-electron chi connectivity index (χ1n) is 8.25. The molecular weight excluding hydrogens is 380 g/mol. The molecule has 1 aromatic heterocycles. The molecule has 4 rings (SSSR count). The third-order valence-electron chi connectivity index (χ3n) is 4.25. The molecule has 1 N–H and O–H groups in total. The van der Waals surface area contributed by atoms with E-state index in [-0.39, 0.29) is 5.91 Å². The minimum absolute atomic E-state index is 0.324. The number of rotatable bonds is 4. The van der Waals surface area contributed by atoms with Gasteiger partial charge in [-0.15, -0.1) is 11.3 Å². The van der Waals surface area contributed by atoms with Gasteiger partial charge in [0.1, 0.15) is 10.6 Å². The average Bonchev–Trinajstić information content (AvgIpc) is 3.05. The molecule has 3 aromatic carbocycles. The Morgan fingerprint density at radius 1 is 1.04 bits per heavy atom. The molecule has 0 aliphatic heterocycles. The second-order valence-electron chi connectivity index (χ2n) is 5.84. The fourth-order valence-electron chi connectivity index (χ4n) is 2.96. The van der Waals surface area contributed by atoms with Crippen molar-refractivity contribution >= 4 is 55.9 Å². The van der Waals surface area contributed by atoms with Crippen molar-refractivity contribution in [1.82, 2.24) is 5.43 Å². The summed E-state index contributed by atoms with van der Waals surface area (Å²) in [5.74, 6) is 0.471. The maximum absolute atomic E-state index is 12.5. The van der Waals surface area contributed by atoms with Crippen LogP contribution in [0, 0.1) is 0 Å². The molecule has 1 heterocycles. The Bertz CT molecular complexity index is 1180. The molecule has 0 saturated carbocycles. The molecule has 0 atom stereocenters. The number of halogens is 1. The van der Waals surface area contributed by atoms with Crippen LogP contribution in [-0.4, -0.2) is 19.2 Å². The van der Waals surface area contributed by atoms with Crippen molar-refractivity contribution in [3.8, 4) is 5.75 Å². The van der Waals surface area contributed by atoms with Crippen molar-refractivity contribution in [1.29, 1.82) is 0 Å². The van der Waals surface area contributed by atoms with Gasteiger partial charge in [0.2, 0.25) is 0 Å². The molecule has 6 heteroatoms. The summed E-state index contributed by atoms with van der Waals surface area (Å²) in [5, 5.41) is 7.43. The van der Waals surface area contributed by atoms with Gasteiger partial charge in [-0.3, -0.25) is 4.79 Å². The SMILES string of the molecule is COc1ccc(/C=N\NC(=O)c2sc3ccccc3c2Cl)c2ccccc12. The molecule has 1 amide bonds. The van der Waals surface area contributed by atoms with Crippen molar-refractivity contribution in [2.24, 2.45) is 5.10 Å². The van der Waals surface area contributed by atoms with Crippen molar-refractivity contribution in [3.05, 3.63) is 76.1 Å². The largest absolute Gasteiger partial charge is 0.496 e. The zero-order valence-electron chi connectivity index (χ0n) is 14.4. The number of hydrazone groups is 1. The molecule has 0 spiro atoms. The van der Waals surface area contributed by atoms with Crippen molar-refractivity contribution in [2.75, 3.05) is 7.11 Å². The molecule has 27 heavy (non-hydrogen) atoms. The summed E-state index contributed by atoms with van der Waals surface area (Å²) in [6, 6.07) is 19.3. The van der Waals surface area contributed by atoms with Gasteiger partial charge >= 0.3 is 0 Å². The van der Waals surface area contributed by atoms with Crippen LogP contribution in [0.25, 0.3) is 20.9 Å². The molecule has 0 radical (unpaired) electrons. The number of amides is 1. The molecule has 0 aliphatic carbocycles. The van der Waals surface area contributed by atoms with Crippen LogP contribution in [0.5, 0.6) is 5.75 Å². The summed E-state index contributed by atoms with van der Waals surface area (Å²) < 4.78 is 6.37. The van der Waals surface area contributed by atoms with Gasteiger partial charge in [0.15, 0.2) is 0 Å². The van der Waals surface area contributed by atoms with Crippen LogP contribution in [0.2, 0.25) is 5.02 Å². The van der Waals surface area contributed by atoms with E-state index in [1.54, 1.807) is 13.3 Å². The van der Waals surface area contributed by atoms with E-state index in [9.17, 15) is 4.79 Å². The van der Waals surface area contributed by atoms with E-state index in [1.807, 2.05) is 60.7 Å². The third kappa shape index (κ3) is 3.27. The van der Waals surface area contributed by atoms with Crippen molar-refractivity contribution < 1.29 is 9.53 Å². The smallest absolute Gasteiger partial charge is 0.283 e. The molecule has 4 aromatic rings. The molecule has 0 bridgehead atoms. The second kappa shape index (κ2) is 7.39. The van der Waals surface area contributed by atoms with Crippen LogP contribution < -0.4 is 10.2 Å². The Morgan fingerprint density at radius 2 is 1.74 bits per heavy atom. The van der Waals surface area contributed by atoms with E-state index in [0.717, 1.165) is 32.2 Å². The fourth-order valence-corrected chi connectivity index (χ4v) is 4.36. The second-order valence-corrected chi connectivity index (χ2v) is 7.27. The van der Waals surface area contributed by atoms with Crippen molar-refractivity contribution in [2.45, 2.75) is 0 Å². The van der Waals surface area contributed by atoms with Gasteiger partial charge in [-0.1, -0.05) is 54.1 Å². The Labute approximate surface area is 165 Å². The van der Waals surface area contributed by atoms with Gasteiger partial charge < -0.3 is 4.74 Å². The lowest BCUT2D eigenvalue weighted by atomic mass is 10.0. The third-order valence-corrected chi connectivity index (χ3v) is 5.92. The molecule has 0 saturated heterocycles. The first-order valence-corrected chi connectivity index (χ1v) is 9.44. The number of carbonyl (C=O) groups is 1. The van der Waals surface area contributed by atoms with Gasteiger partial charge in [0.25, 0.3) is 5.91 Å². The zero-order chi connectivity index (χ0) is 18.8. The molecule has 0 unspecified atom stereocenters. The van der Waals surface area contributed by atoms with Gasteiger partial charge in [0.05, 0.1) is 18.3 Å². The number of carbonyl (C=O) groups excluding carboxylic acids is 1. The standard InChI is InChI=1S/C21H15ClN2O2S/c1-26-17-11-10-13(14-6-2-3-7-15(14)17)12-23-24-21(25)20-19(22)16-8-4-5-9-18(16)27-20/h2-12H,1H3,(H,24,25)/b23-12-. The highest BCUT2D eigenvalue weighted by Crippen LogP contribution is 2.35. The Morgan fingerprint density at radius 3 is 2.48 bits per heavy atom. The van der Waals surface area contributed by atoms with Crippen LogP contribution in [0.3, 0.4) is 0 Å². The first kappa shape index (κ1) is 17.5. The van der Waals surface area contributed by atoms with E-state index in [0.29, 0.717) is 9.90 Å². The number of fused-ring (bicyclic) bond motifs is 2. The van der Waals surface area contributed by atoms with E-state index in [1.165, 1.54) is 11.3 Å². The normalized spacial score (nSPS) is 11.3. The maximum atomic E-state index is 12.5. The highest BCUT2D eigenvalue weighted by Gasteiger charge is 2.16. The summed E-state index contributed by atoms with van der Waals surface area (Å²) in [6.45, 7) is 0. The van der Waals surface area contributed by atoms with E-state index < -0.39 is 0 Å². The van der Waals surface area contributed by atoms with Crippen LogP contribution in [0.15, 0.2) is 65.8 Å². The Kier molecular flexibility index (Phi) is 4.79. The lowest BCUT2D eigenvalue weighted by molar-refractivity contribution is 0.0959. The van der Waals surface area contributed by atoms with E-state index >= 15 is 0 Å². The monoisotopic (exact) mass is 394 g/mol. The summed E-state index contributed by atoms with van der Waals surface area (Å²) in [7, 11) is 1.64. The number of hydrogen-bond donors (Lipinski definition) is 1. The zero-order valence-corrected chi connectivity index (χ0v) is 16.0. The van der Waals surface area contributed by atoms with Gasteiger partial charge in [-0.2, -0.15) is 5.10 Å². The van der Waals surface area contributed by atoms with Gasteiger partial charge in [-0.25, -0.2) is 5.43 Å².